The van der Waals surface area contributed by atoms with Gasteiger partial charge in [0.15, 0.2) is 11.5 Å². The lowest BCUT2D eigenvalue weighted by molar-refractivity contribution is -0.136. The maximum absolute atomic E-state index is 13.2. The summed E-state index contributed by atoms with van der Waals surface area (Å²) in [7, 11) is 1.53. The summed E-state index contributed by atoms with van der Waals surface area (Å²) in [5.41, 5.74) is 4.48. The number of amides is 3. The molecule has 5 rings (SSSR count). The third-order valence-electron chi connectivity index (χ3n) is 7.07. The maximum atomic E-state index is 13.2. The van der Waals surface area contributed by atoms with Gasteiger partial charge < -0.3 is 14.4 Å². The first-order chi connectivity index (χ1) is 20.3. The van der Waals surface area contributed by atoms with Gasteiger partial charge in [-0.2, -0.15) is 0 Å². The molecule has 0 bridgehead atoms. The smallest absolute Gasteiger partial charge is 0.294 e. The molecular formula is C32H28Cl2N2O5S. The topological polar surface area (TPSA) is 76.2 Å². The van der Waals surface area contributed by atoms with E-state index in [9.17, 15) is 14.4 Å². The van der Waals surface area contributed by atoms with E-state index in [-0.39, 0.29) is 24.0 Å². The van der Waals surface area contributed by atoms with Crippen LogP contribution in [0.5, 0.6) is 11.5 Å². The molecule has 3 amide bonds. The largest absolute Gasteiger partial charge is 0.493 e. The van der Waals surface area contributed by atoms with E-state index in [0.29, 0.717) is 46.6 Å². The molecular weight excluding hydrogens is 595 g/mol. The van der Waals surface area contributed by atoms with Crippen molar-refractivity contribution in [2.75, 3.05) is 20.2 Å². The van der Waals surface area contributed by atoms with Gasteiger partial charge >= 0.3 is 0 Å². The Hall–Kier alpha value is -3.72. The molecule has 2 aliphatic rings. The summed E-state index contributed by atoms with van der Waals surface area (Å²) in [5.74, 6) is 0.204. The molecule has 0 aromatic heterocycles. The zero-order valence-electron chi connectivity index (χ0n) is 22.9. The molecule has 2 heterocycles. The molecule has 1 saturated heterocycles. The van der Waals surface area contributed by atoms with Crippen molar-refractivity contribution in [3.63, 3.8) is 0 Å². The molecule has 3 aromatic carbocycles. The van der Waals surface area contributed by atoms with Gasteiger partial charge in [0.1, 0.15) is 13.2 Å². The summed E-state index contributed by atoms with van der Waals surface area (Å²) in [5, 5.41) is 0.543. The monoisotopic (exact) mass is 622 g/mol. The van der Waals surface area contributed by atoms with E-state index in [0.717, 1.165) is 39.8 Å². The fraction of sp³-hybridized carbons (Fsp3) is 0.219. The van der Waals surface area contributed by atoms with Gasteiger partial charge in [0.25, 0.3) is 11.1 Å². The van der Waals surface area contributed by atoms with Gasteiger partial charge in [0.2, 0.25) is 5.91 Å². The highest BCUT2D eigenvalue weighted by molar-refractivity contribution is 8.18. The zero-order valence-corrected chi connectivity index (χ0v) is 25.2. The lowest BCUT2D eigenvalue weighted by Crippen LogP contribution is -2.44. The van der Waals surface area contributed by atoms with Crippen molar-refractivity contribution in [3.05, 3.63) is 110 Å². The van der Waals surface area contributed by atoms with Gasteiger partial charge in [-0.05, 0) is 71.6 Å². The molecule has 0 aliphatic carbocycles. The quantitative estimate of drug-likeness (QED) is 0.190. The van der Waals surface area contributed by atoms with Gasteiger partial charge in [0, 0.05) is 34.3 Å². The molecule has 10 heteroatoms. The molecule has 0 atom stereocenters. The second kappa shape index (κ2) is 13.1. The standard InChI is InChI=1S/C32H28Cl2N2O5S/c1-3-6-22-13-20(14-27(40-2)30(22)41-19-24-9-10-25(33)16-26(24)34)15-28-31(38)36(32(39)42-28)18-29(37)35-12-11-21-7-4-5-8-23(21)17-35/h3-5,7-10,13-16H,1,6,11-12,17-19H2,2H3/b28-15-. The second-order valence-corrected chi connectivity index (χ2v) is 11.7. The van der Waals surface area contributed by atoms with E-state index in [1.165, 1.54) is 12.7 Å². The van der Waals surface area contributed by atoms with E-state index >= 15 is 0 Å². The van der Waals surface area contributed by atoms with Gasteiger partial charge in [-0.1, -0.05) is 59.6 Å². The minimum atomic E-state index is -0.502. The number of fused-ring (bicyclic) bond motifs is 1. The van der Waals surface area contributed by atoms with Crippen LogP contribution in [0.4, 0.5) is 4.79 Å². The van der Waals surface area contributed by atoms with Crippen molar-refractivity contribution in [1.29, 1.82) is 0 Å². The molecule has 42 heavy (non-hydrogen) atoms. The number of methoxy groups -OCH3 is 1. The summed E-state index contributed by atoms with van der Waals surface area (Å²) in [6, 6.07) is 16.8. The van der Waals surface area contributed by atoms with Crippen LogP contribution in [0.1, 0.15) is 27.8 Å². The molecule has 0 unspecified atom stereocenters. The number of nitrogens with zero attached hydrogens (tertiary/aromatic N) is 2. The number of imide groups is 1. The highest BCUT2D eigenvalue weighted by Crippen LogP contribution is 2.38. The molecule has 0 N–H and O–H groups in total. The van der Waals surface area contributed by atoms with Gasteiger partial charge in [-0.15, -0.1) is 6.58 Å². The van der Waals surface area contributed by atoms with Crippen LogP contribution in [-0.2, 0) is 35.6 Å². The Morgan fingerprint density at radius 3 is 2.60 bits per heavy atom. The molecule has 0 saturated carbocycles. The van der Waals surface area contributed by atoms with Crippen molar-refractivity contribution in [2.24, 2.45) is 0 Å². The summed E-state index contributed by atoms with van der Waals surface area (Å²) in [6.07, 6.45) is 4.57. The van der Waals surface area contributed by atoms with Crippen LogP contribution < -0.4 is 9.47 Å². The van der Waals surface area contributed by atoms with Gasteiger partial charge in [-0.25, -0.2) is 0 Å². The van der Waals surface area contributed by atoms with Crippen LogP contribution in [0.25, 0.3) is 6.08 Å². The second-order valence-electron chi connectivity index (χ2n) is 9.83. The zero-order chi connectivity index (χ0) is 29.8. The number of hydrogen-bond acceptors (Lipinski definition) is 6. The molecule has 7 nitrogen and oxygen atoms in total. The van der Waals surface area contributed by atoms with Crippen LogP contribution in [0.15, 0.2) is 72.2 Å². The van der Waals surface area contributed by atoms with Crippen LogP contribution in [-0.4, -0.2) is 47.1 Å². The number of carbonyl (C=O) groups excluding carboxylic acids is 3. The highest BCUT2D eigenvalue weighted by atomic mass is 35.5. The summed E-state index contributed by atoms with van der Waals surface area (Å²) < 4.78 is 11.8. The van der Waals surface area contributed by atoms with Crippen molar-refractivity contribution < 1.29 is 23.9 Å². The molecule has 3 aromatic rings. The van der Waals surface area contributed by atoms with E-state index < -0.39 is 11.1 Å². The minimum Gasteiger partial charge on any atom is -0.493 e. The van der Waals surface area contributed by atoms with E-state index in [2.05, 4.69) is 12.6 Å². The molecule has 2 aliphatic heterocycles. The Balaban J connectivity index is 1.33. The lowest BCUT2D eigenvalue weighted by Gasteiger charge is -2.29. The SMILES string of the molecule is C=CCc1cc(/C=C2\SC(=O)N(CC(=O)N3CCc4ccccc4C3)C2=O)cc(OC)c1OCc1ccc(Cl)cc1Cl. The fourth-order valence-electron chi connectivity index (χ4n) is 4.91. The number of carbonyl (C=O) groups is 3. The van der Waals surface area contributed by atoms with Crippen LogP contribution in [0, 0.1) is 0 Å². The van der Waals surface area contributed by atoms with Gasteiger partial charge in [0.05, 0.1) is 12.0 Å². The summed E-state index contributed by atoms with van der Waals surface area (Å²) >= 11 is 13.1. The normalized spacial score (nSPS) is 15.6. The fourth-order valence-corrected chi connectivity index (χ4v) is 6.21. The lowest BCUT2D eigenvalue weighted by atomic mass is 10.00. The molecule has 0 radical (unpaired) electrons. The van der Waals surface area contributed by atoms with Crippen LogP contribution >= 0.6 is 35.0 Å². The number of halogens is 2. The van der Waals surface area contributed by atoms with Crippen molar-refractivity contribution in [3.8, 4) is 11.5 Å². The average molecular weight is 624 g/mol. The Bertz CT molecular complexity index is 1610. The Labute approximate surface area is 258 Å². The first kappa shape index (κ1) is 29.8. The van der Waals surface area contributed by atoms with Crippen LogP contribution in [0.2, 0.25) is 10.0 Å². The summed E-state index contributed by atoms with van der Waals surface area (Å²) in [4.78, 5) is 42.0. The Morgan fingerprint density at radius 1 is 1.07 bits per heavy atom. The highest BCUT2D eigenvalue weighted by Gasteiger charge is 2.37. The third-order valence-corrected chi connectivity index (χ3v) is 8.57. The van der Waals surface area contributed by atoms with E-state index in [4.69, 9.17) is 32.7 Å². The first-order valence-electron chi connectivity index (χ1n) is 13.3. The van der Waals surface area contributed by atoms with Gasteiger partial charge in [-0.3, -0.25) is 19.3 Å². The predicted octanol–water partition coefficient (Wildman–Crippen LogP) is 6.93. The van der Waals surface area contributed by atoms with E-state index in [1.807, 2.05) is 24.3 Å². The first-order valence-corrected chi connectivity index (χ1v) is 14.8. The van der Waals surface area contributed by atoms with Crippen LogP contribution in [0.3, 0.4) is 0 Å². The van der Waals surface area contributed by atoms with Crippen molar-refractivity contribution >= 4 is 58.1 Å². The van der Waals surface area contributed by atoms with Crippen molar-refractivity contribution in [2.45, 2.75) is 26.0 Å². The molecule has 216 valence electrons. The average Bonchev–Trinajstić information content (AvgIpc) is 3.24. The van der Waals surface area contributed by atoms with E-state index in [1.54, 1.807) is 41.3 Å². The number of ether oxygens (including phenoxy) is 2. The number of allylic oxidation sites excluding steroid dienone is 1. The Morgan fingerprint density at radius 2 is 1.86 bits per heavy atom. The Kier molecular flexibility index (Phi) is 9.26. The molecule has 0 spiro atoms. The number of thioether (sulfide) groups is 1. The minimum absolute atomic E-state index is 0.186. The predicted molar refractivity (Wildman–Crippen MR) is 166 cm³/mol. The number of hydrogen-bond donors (Lipinski definition) is 0. The molecule has 1 fully saturated rings. The van der Waals surface area contributed by atoms with Crippen molar-refractivity contribution in [1.82, 2.24) is 9.80 Å². The number of benzene rings is 3. The third kappa shape index (κ3) is 6.51. The number of rotatable bonds is 9. The maximum Gasteiger partial charge on any atom is 0.294 e. The summed E-state index contributed by atoms with van der Waals surface area (Å²) in [6.45, 7) is 4.75.